The highest BCUT2D eigenvalue weighted by Crippen LogP contribution is 2.28. The summed E-state index contributed by atoms with van der Waals surface area (Å²) in [5.41, 5.74) is 0.817. The number of benzene rings is 1. The van der Waals surface area contributed by atoms with Crippen LogP contribution in [-0.2, 0) is 11.8 Å². The van der Waals surface area contributed by atoms with Gasteiger partial charge in [0.15, 0.2) is 11.0 Å². The van der Waals surface area contributed by atoms with Crippen LogP contribution in [0.4, 0.5) is 0 Å². The van der Waals surface area contributed by atoms with Crippen molar-refractivity contribution in [1.82, 2.24) is 20.1 Å². The molecular weight excluding hydrogens is 308 g/mol. The lowest BCUT2D eigenvalue weighted by atomic mass is 10.2. The second-order valence-corrected chi connectivity index (χ2v) is 5.58. The van der Waals surface area contributed by atoms with Crippen molar-refractivity contribution in [3.63, 3.8) is 0 Å². The molecule has 1 heterocycles. The zero-order valence-corrected chi connectivity index (χ0v) is 13.1. The highest BCUT2D eigenvalue weighted by Gasteiger charge is 2.14. The van der Waals surface area contributed by atoms with Crippen LogP contribution in [0.5, 0.6) is 0 Å². The maximum atomic E-state index is 11.6. The third-order valence-electron chi connectivity index (χ3n) is 2.73. The molecule has 1 aromatic carbocycles. The van der Waals surface area contributed by atoms with E-state index in [1.807, 2.05) is 29.8 Å². The predicted molar refractivity (Wildman–Crippen MR) is 85.4 cm³/mol. The number of nitrogens with zero attached hydrogens (tertiary/aromatic N) is 3. The van der Waals surface area contributed by atoms with Crippen LogP contribution in [0.25, 0.3) is 11.4 Å². The number of carbonyl (C=O) groups is 1. The van der Waals surface area contributed by atoms with Crippen LogP contribution in [0.2, 0.25) is 5.02 Å². The van der Waals surface area contributed by atoms with E-state index in [-0.39, 0.29) is 11.7 Å². The highest BCUT2D eigenvalue weighted by atomic mass is 35.5. The molecule has 0 bridgehead atoms. The first kappa shape index (κ1) is 15.6. The Hall–Kier alpha value is -1.79. The predicted octanol–water partition coefficient (Wildman–Crippen LogP) is 2.53. The third kappa shape index (κ3) is 3.86. The van der Waals surface area contributed by atoms with Crippen LogP contribution in [-0.4, -0.2) is 33.0 Å². The van der Waals surface area contributed by atoms with Gasteiger partial charge in [0.1, 0.15) is 0 Å². The molecule has 2 aromatic rings. The van der Waals surface area contributed by atoms with Crippen LogP contribution in [0, 0.1) is 0 Å². The number of amides is 1. The molecule has 110 valence electrons. The summed E-state index contributed by atoms with van der Waals surface area (Å²) in [6, 6.07) is 7.45. The summed E-state index contributed by atoms with van der Waals surface area (Å²) >= 11 is 7.49. The number of thioether (sulfide) groups is 1. The van der Waals surface area contributed by atoms with E-state index in [0.29, 0.717) is 22.5 Å². The Bertz CT molecular complexity index is 656. The Kier molecular flexibility index (Phi) is 5.41. The van der Waals surface area contributed by atoms with Gasteiger partial charge in [-0.05, 0) is 12.1 Å². The van der Waals surface area contributed by atoms with E-state index >= 15 is 0 Å². The molecule has 1 amide bonds. The molecule has 1 aromatic heterocycles. The van der Waals surface area contributed by atoms with Crippen molar-refractivity contribution < 1.29 is 4.79 Å². The van der Waals surface area contributed by atoms with Gasteiger partial charge in [0.2, 0.25) is 5.91 Å². The Labute approximate surface area is 132 Å². The second kappa shape index (κ2) is 7.28. The van der Waals surface area contributed by atoms with Gasteiger partial charge >= 0.3 is 0 Å². The lowest BCUT2D eigenvalue weighted by Gasteiger charge is -2.05. The number of rotatable bonds is 6. The van der Waals surface area contributed by atoms with E-state index in [1.54, 1.807) is 12.1 Å². The molecule has 0 aliphatic carbocycles. The summed E-state index contributed by atoms with van der Waals surface area (Å²) in [6.45, 7) is 4.01. The first-order valence-electron chi connectivity index (χ1n) is 6.28. The highest BCUT2D eigenvalue weighted by molar-refractivity contribution is 7.99. The molecule has 2 rings (SSSR count). The summed E-state index contributed by atoms with van der Waals surface area (Å²) in [5.74, 6) is 0.888. The number of halogens is 1. The van der Waals surface area contributed by atoms with Gasteiger partial charge < -0.3 is 9.88 Å². The van der Waals surface area contributed by atoms with E-state index in [0.717, 1.165) is 5.56 Å². The number of hydrogen-bond donors (Lipinski definition) is 1. The fourth-order valence-corrected chi connectivity index (χ4v) is 2.65. The minimum atomic E-state index is -0.0674. The van der Waals surface area contributed by atoms with Crippen molar-refractivity contribution in [1.29, 1.82) is 0 Å². The monoisotopic (exact) mass is 322 g/mol. The Morgan fingerprint density at radius 1 is 1.48 bits per heavy atom. The zero-order valence-electron chi connectivity index (χ0n) is 11.5. The van der Waals surface area contributed by atoms with Crippen molar-refractivity contribution in [2.24, 2.45) is 7.05 Å². The maximum absolute atomic E-state index is 11.6. The van der Waals surface area contributed by atoms with Gasteiger partial charge in [-0.2, -0.15) is 0 Å². The molecule has 1 N–H and O–H groups in total. The van der Waals surface area contributed by atoms with Gasteiger partial charge in [-0.25, -0.2) is 0 Å². The van der Waals surface area contributed by atoms with Gasteiger partial charge in [0.05, 0.1) is 10.8 Å². The number of nitrogens with one attached hydrogen (secondary N) is 1. The third-order valence-corrected chi connectivity index (χ3v) is 4.08. The average Bonchev–Trinajstić information content (AvgIpc) is 2.84. The lowest BCUT2D eigenvalue weighted by Crippen LogP contribution is -2.25. The fraction of sp³-hybridized carbons (Fsp3) is 0.214. The van der Waals surface area contributed by atoms with Crippen LogP contribution in [0.15, 0.2) is 42.1 Å². The van der Waals surface area contributed by atoms with Crippen molar-refractivity contribution in [3.8, 4) is 11.4 Å². The molecule has 0 fully saturated rings. The van der Waals surface area contributed by atoms with Crippen LogP contribution >= 0.6 is 23.4 Å². The lowest BCUT2D eigenvalue weighted by molar-refractivity contribution is -0.118. The molecule has 0 atom stereocenters. The van der Waals surface area contributed by atoms with Crippen molar-refractivity contribution in [3.05, 3.63) is 41.9 Å². The van der Waals surface area contributed by atoms with E-state index in [9.17, 15) is 4.79 Å². The maximum Gasteiger partial charge on any atom is 0.230 e. The molecule has 0 aliphatic heterocycles. The number of hydrogen-bond acceptors (Lipinski definition) is 4. The smallest absolute Gasteiger partial charge is 0.230 e. The van der Waals surface area contributed by atoms with Gasteiger partial charge in [-0.1, -0.05) is 41.6 Å². The molecular formula is C14H15ClN4OS. The van der Waals surface area contributed by atoms with Crippen LogP contribution < -0.4 is 5.32 Å². The van der Waals surface area contributed by atoms with Crippen molar-refractivity contribution in [2.45, 2.75) is 5.16 Å². The molecule has 0 spiro atoms. The van der Waals surface area contributed by atoms with E-state index in [1.165, 1.54) is 11.8 Å². The van der Waals surface area contributed by atoms with Crippen molar-refractivity contribution in [2.75, 3.05) is 12.3 Å². The quantitative estimate of drug-likeness (QED) is 0.656. The Balaban J connectivity index is 2.09. The Morgan fingerprint density at radius 2 is 2.24 bits per heavy atom. The summed E-state index contributed by atoms with van der Waals surface area (Å²) < 4.78 is 1.83. The van der Waals surface area contributed by atoms with Crippen LogP contribution in [0.3, 0.4) is 0 Å². The summed E-state index contributed by atoms with van der Waals surface area (Å²) in [7, 11) is 1.85. The molecule has 0 unspecified atom stereocenters. The van der Waals surface area contributed by atoms with Gasteiger partial charge in [-0.3, -0.25) is 4.79 Å². The van der Waals surface area contributed by atoms with E-state index < -0.39 is 0 Å². The Morgan fingerprint density at radius 3 is 2.95 bits per heavy atom. The van der Waals surface area contributed by atoms with Gasteiger partial charge in [-0.15, -0.1) is 16.8 Å². The summed E-state index contributed by atoms with van der Waals surface area (Å²) in [4.78, 5) is 11.6. The average molecular weight is 323 g/mol. The molecule has 0 saturated heterocycles. The van der Waals surface area contributed by atoms with E-state index in [2.05, 4.69) is 22.1 Å². The number of aromatic nitrogens is 3. The molecule has 21 heavy (non-hydrogen) atoms. The topological polar surface area (TPSA) is 59.8 Å². The van der Waals surface area contributed by atoms with E-state index in [4.69, 9.17) is 11.6 Å². The summed E-state index contributed by atoms with van der Waals surface area (Å²) in [5, 5.41) is 12.2. The van der Waals surface area contributed by atoms with Gasteiger partial charge in [0, 0.05) is 19.2 Å². The standard InChI is InChI=1S/C14H15ClN4OS/c1-3-8-16-12(20)9-21-14-18-17-13(19(14)2)10-6-4-5-7-11(10)15/h3-7H,1,8-9H2,2H3,(H,16,20). The molecule has 0 aliphatic rings. The first-order valence-corrected chi connectivity index (χ1v) is 7.64. The largest absolute Gasteiger partial charge is 0.352 e. The zero-order chi connectivity index (χ0) is 15.2. The second-order valence-electron chi connectivity index (χ2n) is 4.23. The minimum absolute atomic E-state index is 0.0674. The fourth-order valence-electron chi connectivity index (χ4n) is 1.68. The first-order chi connectivity index (χ1) is 10.1. The van der Waals surface area contributed by atoms with Crippen molar-refractivity contribution >= 4 is 29.3 Å². The molecule has 0 radical (unpaired) electrons. The normalized spacial score (nSPS) is 10.4. The van der Waals surface area contributed by atoms with Gasteiger partial charge in [0.25, 0.3) is 0 Å². The molecule has 0 saturated carbocycles. The molecule has 5 nitrogen and oxygen atoms in total. The molecule has 7 heteroatoms. The summed E-state index contributed by atoms with van der Waals surface area (Å²) in [6.07, 6.45) is 1.64. The SMILES string of the molecule is C=CCNC(=O)CSc1nnc(-c2ccccc2Cl)n1C. The van der Waals surface area contributed by atoms with Crippen LogP contribution in [0.1, 0.15) is 0 Å². The minimum Gasteiger partial charge on any atom is -0.352 e. The number of carbonyl (C=O) groups excluding carboxylic acids is 1.